The number of rotatable bonds is 1. The van der Waals surface area contributed by atoms with Gasteiger partial charge in [0.15, 0.2) is 0 Å². The summed E-state index contributed by atoms with van der Waals surface area (Å²) in [6, 6.07) is 9.43. The second kappa shape index (κ2) is 3.66. The van der Waals surface area contributed by atoms with Crippen molar-refractivity contribution in [1.29, 1.82) is 0 Å². The van der Waals surface area contributed by atoms with Crippen molar-refractivity contribution in [3.63, 3.8) is 0 Å². The minimum absolute atomic E-state index is 0.0595. The zero-order valence-corrected chi connectivity index (χ0v) is 9.16. The largest absolute Gasteiger partial charge is 0.506 e. The van der Waals surface area contributed by atoms with Crippen molar-refractivity contribution in [3.05, 3.63) is 42.0 Å². The van der Waals surface area contributed by atoms with Crippen LogP contribution >= 0.6 is 0 Å². The zero-order valence-electron chi connectivity index (χ0n) is 9.16. The summed E-state index contributed by atoms with van der Waals surface area (Å²) in [6.45, 7) is 0. The second-order valence-electron chi connectivity index (χ2n) is 3.88. The lowest BCUT2D eigenvalue weighted by molar-refractivity contribution is 0.0697. The first-order chi connectivity index (χ1) is 8.65. The molecule has 88 valence electrons. The van der Waals surface area contributed by atoms with E-state index in [2.05, 4.69) is 9.97 Å². The number of phenolic OH excluding ortho intramolecular Hbond substituents is 1. The molecule has 1 aromatic heterocycles. The van der Waals surface area contributed by atoms with E-state index in [1.165, 1.54) is 18.2 Å². The predicted molar refractivity (Wildman–Crippen MR) is 65.7 cm³/mol. The molecule has 0 radical (unpaired) electrons. The van der Waals surface area contributed by atoms with E-state index >= 15 is 0 Å². The zero-order chi connectivity index (χ0) is 12.7. The quantitative estimate of drug-likeness (QED) is 0.637. The lowest BCUT2D eigenvalue weighted by atomic mass is 10.2. The second-order valence-corrected chi connectivity index (χ2v) is 3.88. The molecular weight excluding hydrogens is 232 g/mol. The third kappa shape index (κ3) is 1.53. The summed E-state index contributed by atoms with van der Waals surface area (Å²) in [5.41, 5.74) is 2.15. The van der Waals surface area contributed by atoms with Gasteiger partial charge in [-0.05, 0) is 30.3 Å². The molecule has 0 fully saturated rings. The Bertz CT molecular complexity index is 784. The fourth-order valence-corrected chi connectivity index (χ4v) is 1.82. The molecule has 0 saturated carbocycles. The highest BCUT2D eigenvalue weighted by molar-refractivity contribution is 5.95. The van der Waals surface area contributed by atoms with Gasteiger partial charge in [0, 0.05) is 0 Å². The molecule has 5 nitrogen and oxygen atoms in total. The van der Waals surface area contributed by atoms with Gasteiger partial charge in [0.05, 0.1) is 22.1 Å². The number of hydrogen-bond acceptors (Lipinski definition) is 4. The fourth-order valence-electron chi connectivity index (χ4n) is 1.82. The van der Waals surface area contributed by atoms with E-state index in [9.17, 15) is 9.90 Å². The smallest absolute Gasteiger partial charge is 0.335 e. The number of aromatic nitrogens is 2. The van der Waals surface area contributed by atoms with Gasteiger partial charge < -0.3 is 10.2 Å². The number of benzene rings is 2. The molecule has 1 heterocycles. The van der Waals surface area contributed by atoms with Gasteiger partial charge in [-0.2, -0.15) is 0 Å². The highest BCUT2D eigenvalue weighted by atomic mass is 16.4. The number of aromatic carboxylic acids is 1. The molecule has 0 aliphatic rings. The maximum absolute atomic E-state index is 10.9. The molecule has 3 rings (SSSR count). The summed E-state index contributed by atoms with van der Waals surface area (Å²) in [5, 5.41) is 18.6. The van der Waals surface area contributed by atoms with Crippen LogP contribution in [-0.4, -0.2) is 26.2 Å². The van der Waals surface area contributed by atoms with Gasteiger partial charge in [0.1, 0.15) is 11.3 Å². The number of carbonyl (C=O) groups is 1. The maximum atomic E-state index is 10.9. The van der Waals surface area contributed by atoms with E-state index in [1.807, 2.05) is 0 Å². The van der Waals surface area contributed by atoms with Crippen molar-refractivity contribution in [2.75, 3.05) is 0 Å². The third-order valence-electron chi connectivity index (χ3n) is 2.69. The SMILES string of the molecule is O=C(O)c1ccc2nc3c(O)cccc3nc2c1. The number of phenols is 1. The summed E-state index contributed by atoms with van der Waals surface area (Å²) < 4.78 is 0. The standard InChI is InChI=1S/C13H8N2O3/c16-11-3-1-2-9-12(11)15-8-5-4-7(13(17)18)6-10(8)14-9/h1-6,16H,(H,17,18). The van der Waals surface area contributed by atoms with Gasteiger partial charge in [-0.25, -0.2) is 14.8 Å². The highest BCUT2D eigenvalue weighted by Gasteiger charge is 2.08. The lowest BCUT2D eigenvalue weighted by Crippen LogP contribution is -1.97. The Hall–Kier alpha value is -2.69. The Morgan fingerprint density at radius 2 is 1.83 bits per heavy atom. The van der Waals surface area contributed by atoms with E-state index < -0.39 is 5.97 Å². The molecule has 2 aromatic carbocycles. The number of para-hydroxylation sites is 1. The van der Waals surface area contributed by atoms with Crippen LogP contribution in [0.5, 0.6) is 5.75 Å². The normalized spacial score (nSPS) is 10.9. The first-order valence-electron chi connectivity index (χ1n) is 5.28. The number of fused-ring (bicyclic) bond motifs is 2. The van der Waals surface area contributed by atoms with E-state index in [0.717, 1.165) is 0 Å². The van der Waals surface area contributed by atoms with Gasteiger partial charge in [-0.3, -0.25) is 0 Å². The van der Waals surface area contributed by atoms with E-state index in [4.69, 9.17) is 5.11 Å². The van der Waals surface area contributed by atoms with Gasteiger partial charge in [0.2, 0.25) is 0 Å². The molecule has 2 N–H and O–H groups in total. The van der Waals surface area contributed by atoms with Gasteiger partial charge in [-0.15, -0.1) is 0 Å². The number of hydrogen-bond donors (Lipinski definition) is 2. The summed E-state index contributed by atoms with van der Waals surface area (Å²) >= 11 is 0. The minimum atomic E-state index is -1.00. The van der Waals surface area contributed by atoms with Gasteiger partial charge in [0.25, 0.3) is 0 Å². The Balaban J connectivity index is 2.38. The van der Waals surface area contributed by atoms with E-state index in [1.54, 1.807) is 18.2 Å². The van der Waals surface area contributed by atoms with Crippen LogP contribution in [-0.2, 0) is 0 Å². The van der Waals surface area contributed by atoms with Crippen LogP contribution in [0, 0.1) is 0 Å². The fraction of sp³-hybridized carbons (Fsp3) is 0. The van der Waals surface area contributed by atoms with Gasteiger partial charge >= 0.3 is 5.97 Å². The average Bonchev–Trinajstić information content (AvgIpc) is 2.36. The Morgan fingerprint density at radius 1 is 1.00 bits per heavy atom. The average molecular weight is 240 g/mol. The van der Waals surface area contributed by atoms with E-state index in [-0.39, 0.29) is 11.3 Å². The summed E-state index contributed by atoms with van der Waals surface area (Å²) in [5.74, 6) is -0.945. The Kier molecular flexibility index (Phi) is 2.13. The Morgan fingerprint density at radius 3 is 2.61 bits per heavy atom. The number of carboxylic acids is 1. The first-order valence-corrected chi connectivity index (χ1v) is 5.28. The molecule has 18 heavy (non-hydrogen) atoms. The minimum Gasteiger partial charge on any atom is -0.506 e. The highest BCUT2D eigenvalue weighted by Crippen LogP contribution is 2.23. The summed E-state index contributed by atoms with van der Waals surface area (Å²) in [6.07, 6.45) is 0. The van der Waals surface area contributed by atoms with E-state index in [0.29, 0.717) is 22.1 Å². The van der Waals surface area contributed by atoms with Crippen LogP contribution in [0.4, 0.5) is 0 Å². The molecule has 3 aromatic rings. The summed E-state index contributed by atoms with van der Waals surface area (Å²) in [4.78, 5) is 19.4. The van der Waals surface area contributed by atoms with Crippen molar-refractivity contribution in [2.45, 2.75) is 0 Å². The van der Waals surface area contributed by atoms with Crippen LogP contribution in [0.2, 0.25) is 0 Å². The molecule has 0 atom stereocenters. The van der Waals surface area contributed by atoms with Crippen LogP contribution in [0.1, 0.15) is 10.4 Å². The molecule has 0 amide bonds. The van der Waals surface area contributed by atoms with Crippen LogP contribution in [0.25, 0.3) is 22.1 Å². The number of nitrogens with zero attached hydrogens (tertiary/aromatic N) is 2. The Labute approximate surface area is 101 Å². The molecule has 0 bridgehead atoms. The molecule has 0 aliphatic carbocycles. The van der Waals surface area contributed by atoms with Crippen LogP contribution in [0.15, 0.2) is 36.4 Å². The van der Waals surface area contributed by atoms with Crippen molar-refractivity contribution >= 4 is 28.0 Å². The van der Waals surface area contributed by atoms with Crippen LogP contribution in [0.3, 0.4) is 0 Å². The number of carboxylic acid groups (broad SMARTS) is 1. The predicted octanol–water partition coefficient (Wildman–Crippen LogP) is 2.19. The van der Waals surface area contributed by atoms with Crippen molar-refractivity contribution in [1.82, 2.24) is 9.97 Å². The maximum Gasteiger partial charge on any atom is 0.335 e. The first kappa shape index (κ1) is 10.5. The molecule has 0 spiro atoms. The monoisotopic (exact) mass is 240 g/mol. The molecular formula is C13H8N2O3. The van der Waals surface area contributed by atoms with Crippen molar-refractivity contribution in [3.8, 4) is 5.75 Å². The van der Waals surface area contributed by atoms with Gasteiger partial charge in [-0.1, -0.05) is 6.07 Å². The molecule has 0 unspecified atom stereocenters. The molecule has 0 saturated heterocycles. The third-order valence-corrected chi connectivity index (χ3v) is 2.69. The molecule has 5 heteroatoms. The number of aromatic hydroxyl groups is 1. The van der Waals surface area contributed by atoms with Crippen molar-refractivity contribution < 1.29 is 15.0 Å². The molecule has 0 aliphatic heterocycles. The lowest BCUT2D eigenvalue weighted by Gasteiger charge is -2.03. The van der Waals surface area contributed by atoms with Crippen molar-refractivity contribution in [2.24, 2.45) is 0 Å². The summed E-state index contributed by atoms with van der Waals surface area (Å²) in [7, 11) is 0. The van der Waals surface area contributed by atoms with Crippen LogP contribution < -0.4 is 0 Å². The topological polar surface area (TPSA) is 83.3 Å².